The smallest absolute Gasteiger partial charge is 0.407 e. The summed E-state index contributed by atoms with van der Waals surface area (Å²) in [6.07, 6.45) is 3.30. The van der Waals surface area contributed by atoms with Crippen molar-refractivity contribution < 1.29 is 9.53 Å². The van der Waals surface area contributed by atoms with E-state index < -0.39 is 5.60 Å². The van der Waals surface area contributed by atoms with Crippen molar-refractivity contribution in [2.75, 3.05) is 29.0 Å². The van der Waals surface area contributed by atoms with E-state index in [0.717, 1.165) is 25.1 Å². The van der Waals surface area contributed by atoms with Crippen molar-refractivity contribution in [3.63, 3.8) is 0 Å². The molecule has 1 atom stereocenters. The molecule has 0 unspecified atom stereocenters. The number of nitrogen functional groups attached to an aromatic ring is 1. The molecule has 7 nitrogen and oxygen atoms in total. The van der Waals surface area contributed by atoms with Gasteiger partial charge in [-0.25, -0.2) is 9.78 Å². The van der Waals surface area contributed by atoms with Crippen LogP contribution < -0.4 is 21.3 Å². The third-order valence-corrected chi connectivity index (χ3v) is 3.88. The number of ether oxygens (including phenoxy) is 1. The first kappa shape index (κ1) is 19.1. The van der Waals surface area contributed by atoms with Crippen LogP contribution in [0.3, 0.4) is 0 Å². The van der Waals surface area contributed by atoms with Crippen molar-refractivity contribution in [3.8, 4) is 0 Å². The SMILES string of the molecule is CC(C)Nc1nccc(N2CCC[C@@H](NC(=O)OC(C)(C)C)C2)c1N. The summed E-state index contributed by atoms with van der Waals surface area (Å²) in [5, 5.41) is 6.24. The maximum atomic E-state index is 12.0. The predicted octanol–water partition coefficient (Wildman–Crippen LogP) is 2.98. The highest BCUT2D eigenvalue weighted by atomic mass is 16.6. The number of hydrogen-bond donors (Lipinski definition) is 3. The highest BCUT2D eigenvalue weighted by Gasteiger charge is 2.25. The summed E-state index contributed by atoms with van der Waals surface area (Å²) in [4.78, 5) is 18.5. The normalized spacial score (nSPS) is 18.2. The average Bonchev–Trinajstić information content (AvgIpc) is 2.47. The fourth-order valence-electron chi connectivity index (χ4n) is 2.92. The standard InChI is InChI=1S/C18H31N5O2/c1-12(2)21-16-15(19)14(8-9-20-16)23-10-6-7-13(11-23)22-17(24)25-18(3,4)5/h8-9,12-13H,6-7,10-11,19H2,1-5H3,(H,20,21)(H,22,24)/t13-/m1/s1. The maximum absolute atomic E-state index is 12.0. The van der Waals surface area contributed by atoms with Gasteiger partial charge in [-0.2, -0.15) is 0 Å². The van der Waals surface area contributed by atoms with Crippen molar-refractivity contribution in [2.45, 2.75) is 65.1 Å². The summed E-state index contributed by atoms with van der Waals surface area (Å²) in [6, 6.07) is 2.22. The number of hydrogen-bond acceptors (Lipinski definition) is 6. The Bertz CT molecular complexity index is 598. The Morgan fingerprint density at radius 3 is 2.80 bits per heavy atom. The van der Waals surface area contributed by atoms with Gasteiger partial charge < -0.3 is 26.0 Å². The lowest BCUT2D eigenvalue weighted by Crippen LogP contribution is -2.49. The Hall–Kier alpha value is -2.18. The molecule has 0 spiro atoms. The summed E-state index contributed by atoms with van der Waals surface area (Å²) in [6.45, 7) is 11.3. The van der Waals surface area contributed by atoms with Crippen LogP contribution in [-0.2, 0) is 4.74 Å². The quantitative estimate of drug-likeness (QED) is 0.774. The van der Waals surface area contributed by atoms with Crippen molar-refractivity contribution in [1.29, 1.82) is 0 Å². The molecule has 1 aliphatic heterocycles. The molecule has 7 heteroatoms. The van der Waals surface area contributed by atoms with Crippen molar-refractivity contribution in [2.24, 2.45) is 0 Å². The monoisotopic (exact) mass is 349 g/mol. The van der Waals surface area contributed by atoms with Crippen LogP contribution in [0.2, 0.25) is 0 Å². The topological polar surface area (TPSA) is 92.5 Å². The van der Waals surface area contributed by atoms with Gasteiger partial charge >= 0.3 is 6.09 Å². The second-order valence-corrected chi connectivity index (χ2v) is 7.82. The van der Waals surface area contributed by atoms with Crippen LogP contribution in [0.1, 0.15) is 47.5 Å². The van der Waals surface area contributed by atoms with E-state index in [1.54, 1.807) is 6.20 Å². The lowest BCUT2D eigenvalue weighted by atomic mass is 10.0. The second-order valence-electron chi connectivity index (χ2n) is 7.82. The number of nitrogens with two attached hydrogens (primary N) is 1. The zero-order valence-corrected chi connectivity index (χ0v) is 15.9. The van der Waals surface area contributed by atoms with Gasteiger partial charge in [-0.15, -0.1) is 0 Å². The first-order chi connectivity index (χ1) is 11.7. The number of alkyl carbamates (subject to hydrolysis) is 1. The molecule has 25 heavy (non-hydrogen) atoms. The average molecular weight is 349 g/mol. The van der Waals surface area contributed by atoms with E-state index in [-0.39, 0.29) is 18.2 Å². The van der Waals surface area contributed by atoms with Gasteiger partial charge in [0.2, 0.25) is 0 Å². The van der Waals surface area contributed by atoms with Gasteiger partial charge in [0.25, 0.3) is 0 Å². The van der Waals surface area contributed by atoms with Crippen LogP contribution in [0, 0.1) is 0 Å². The molecule has 1 fully saturated rings. The molecule has 1 aromatic rings. The lowest BCUT2D eigenvalue weighted by Gasteiger charge is -2.35. The minimum Gasteiger partial charge on any atom is -0.444 e. The molecule has 0 aromatic carbocycles. The number of piperidine rings is 1. The summed E-state index contributed by atoms with van der Waals surface area (Å²) < 4.78 is 5.35. The first-order valence-electron chi connectivity index (χ1n) is 8.91. The number of aromatic nitrogens is 1. The number of pyridine rings is 1. The molecule has 0 aliphatic carbocycles. The molecule has 2 rings (SSSR count). The van der Waals surface area contributed by atoms with Crippen LogP contribution in [0.4, 0.5) is 22.0 Å². The Morgan fingerprint density at radius 1 is 1.44 bits per heavy atom. The number of nitrogens with one attached hydrogen (secondary N) is 2. The third kappa shape index (κ3) is 5.69. The van der Waals surface area contributed by atoms with E-state index in [0.29, 0.717) is 18.1 Å². The van der Waals surface area contributed by atoms with Crippen LogP contribution in [0.15, 0.2) is 12.3 Å². The van der Waals surface area contributed by atoms with E-state index in [2.05, 4.69) is 34.4 Å². The predicted molar refractivity (Wildman–Crippen MR) is 102 cm³/mol. The molecule has 140 valence electrons. The fraction of sp³-hybridized carbons (Fsp3) is 0.667. The largest absolute Gasteiger partial charge is 0.444 e. The van der Waals surface area contributed by atoms with Crippen molar-refractivity contribution in [1.82, 2.24) is 10.3 Å². The van der Waals surface area contributed by atoms with Crippen LogP contribution in [0.25, 0.3) is 0 Å². The third-order valence-electron chi connectivity index (χ3n) is 3.88. The molecule has 1 aliphatic rings. The number of carbonyl (C=O) groups excluding carboxylic acids is 1. The Labute approximate surface area is 150 Å². The summed E-state index contributed by atoms with van der Waals surface area (Å²) in [5.74, 6) is 0.703. The second kappa shape index (κ2) is 7.80. The molecule has 0 bridgehead atoms. The van der Waals surface area contributed by atoms with Crippen molar-refractivity contribution >= 4 is 23.3 Å². The summed E-state index contributed by atoms with van der Waals surface area (Å²) in [5.41, 5.74) is 7.42. The molecule has 1 saturated heterocycles. The summed E-state index contributed by atoms with van der Waals surface area (Å²) >= 11 is 0. The minimum absolute atomic E-state index is 0.0395. The van der Waals surface area contributed by atoms with Crippen LogP contribution in [0.5, 0.6) is 0 Å². The van der Waals surface area contributed by atoms with Crippen LogP contribution >= 0.6 is 0 Å². The number of rotatable bonds is 4. The van der Waals surface area contributed by atoms with E-state index >= 15 is 0 Å². The first-order valence-corrected chi connectivity index (χ1v) is 8.91. The molecular formula is C18H31N5O2. The van der Waals surface area contributed by atoms with E-state index in [9.17, 15) is 4.79 Å². The number of anilines is 3. The van der Waals surface area contributed by atoms with E-state index in [4.69, 9.17) is 10.5 Å². The Balaban J connectivity index is 2.05. The molecule has 1 aromatic heterocycles. The highest BCUT2D eigenvalue weighted by molar-refractivity contribution is 5.78. The van der Waals surface area contributed by atoms with E-state index in [1.165, 1.54) is 0 Å². The molecule has 0 radical (unpaired) electrons. The maximum Gasteiger partial charge on any atom is 0.407 e. The van der Waals surface area contributed by atoms with Gasteiger partial charge in [-0.1, -0.05) is 0 Å². The minimum atomic E-state index is -0.495. The van der Waals surface area contributed by atoms with Gasteiger partial charge in [0.05, 0.1) is 11.4 Å². The van der Waals surface area contributed by atoms with Gasteiger partial charge in [0.1, 0.15) is 5.60 Å². The van der Waals surface area contributed by atoms with Gasteiger partial charge in [-0.05, 0) is 53.5 Å². The fourth-order valence-corrected chi connectivity index (χ4v) is 2.92. The lowest BCUT2D eigenvalue weighted by molar-refractivity contribution is 0.0500. The Kier molecular flexibility index (Phi) is 5.98. The molecule has 1 amide bonds. The molecule has 4 N–H and O–H groups in total. The number of carbonyl (C=O) groups is 1. The van der Waals surface area contributed by atoms with Gasteiger partial charge in [0.15, 0.2) is 5.82 Å². The van der Waals surface area contributed by atoms with E-state index in [1.807, 2.05) is 26.8 Å². The van der Waals surface area contributed by atoms with Gasteiger partial charge in [0, 0.05) is 31.4 Å². The zero-order chi connectivity index (χ0) is 18.6. The van der Waals surface area contributed by atoms with Gasteiger partial charge in [-0.3, -0.25) is 0 Å². The molecular weight excluding hydrogens is 318 g/mol. The molecule has 0 saturated carbocycles. The molecule has 2 heterocycles. The zero-order valence-electron chi connectivity index (χ0n) is 15.9. The van der Waals surface area contributed by atoms with Crippen molar-refractivity contribution in [3.05, 3.63) is 12.3 Å². The Morgan fingerprint density at radius 2 is 2.16 bits per heavy atom. The highest BCUT2D eigenvalue weighted by Crippen LogP contribution is 2.31. The number of nitrogens with zero attached hydrogens (tertiary/aromatic N) is 2. The van der Waals surface area contributed by atoms with Crippen LogP contribution in [-0.4, -0.2) is 41.9 Å². The summed E-state index contributed by atoms with van der Waals surface area (Å²) in [7, 11) is 0. The number of amides is 1.